The largest absolute Gasteiger partial charge is 0.329 e. The minimum absolute atomic E-state index is 0.597. The van der Waals surface area contributed by atoms with Gasteiger partial charge in [0.1, 0.15) is 6.07 Å². The highest BCUT2D eigenvalue weighted by molar-refractivity contribution is 7.98. The van der Waals surface area contributed by atoms with Crippen molar-refractivity contribution in [2.75, 3.05) is 6.26 Å². The van der Waals surface area contributed by atoms with Crippen LogP contribution < -0.4 is 0 Å². The molecule has 0 saturated carbocycles. The van der Waals surface area contributed by atoms with Crippen molar-refractivity contribution in [1.82, 2.24) is 9.55 Å². The first-order valence-corrected chi connectivity index (χ1v) is 7.66. The second-order valence-corrected chi connectivity index (χ2v) is 5.54. The Hall–Kier alpha value is -2.03. The fraction of sp³-hybridized carbons (Fsp3) is 0.0667. The summed E-state index contributed by atoms with van der Waals surface area (Å²) in [5.74, 6) is 0. The Morgan fingerprint density at radius 1 is 1.20 bits per heavy atom. The molecule has 1 N–H and O–H groups in total. The average Bonchev–Trinajstić information content (AvgIpc) is 2.83. The van der Waals surface area contributed by atoms with E-state index in [1.165, 1.54) is 4.90 Å². The number of rotatable bonds is 2. The number of nitriles is 1. The van der Waals surface area contributed by atoms with Crippen molar-refractivity contribution in [3.63, 3.8) is 0 Å². The third kappa shape index (κ3) is 2.03. The van der Waals surface area contributed by atoms with Crippen LogP contribution in [0.25, 0.3) is 16.7 Å². The molecule has 0 fully saturated rings. The molecule has 3 rings (SSSR count). The Balaban J connectivity index is 2.28. The summed E-state index contributed by atoms with van der Waals surface area (Å²) in [4.78, 5) is 4.33. The topological polar surface area (TPSA) is 44.5 Å². The van der Waals surface area contributed by atoms with Gasteiger partial charge in [-0.25, -0.2) is 0 Å². The van der Waals surface area contributed by atoms with E-state index in [-0.39, 0.29) is 0 Å². The highest BCUT2D eigenvalue weighted by atomic mass is 32.2. The quantitative estimate of drug-likeness (QED) is 0.567. The monoisotopic (exact) mass is 297 g/mol. The van der Waals surface area contributed by atoms with Gasteiger partial charge >= 0.3 is 0 Å². The van der Waals surface area contributed by atoms with Gasteiger partial charge in [-0.15, -0.1) is 11.8 Å². The van der Waals surface area contributed by atoms with Crippen LogP contribution in [0.5, 0.6) is 0 Å². The number of hydrogen-bond acceptors (Lipinski definition) is 3. The molecule has 0 aliphatic rings. The van der Waals surface area contributed by atoms with Crippen molar-refractivity contribution in [3.8, 4) is 11.8 Å². The second kappa shape index (κ2) is 5.16. The second-order valence-electron chi connectivity index (χ2n) is 4.28. The van der Waals surface area contributed by atoms with Crippen LogP contribution in [0.3, 0.4) is 0 Å². The van der Waals surface area contributed by atoms with Crippen molar-refractivity contribution >= 4 is 35.0 Å². The van der Waals surface area contributed by atoms with E-state index >= 15 is 0 Å². The standard InChI is InChI=1S/C15H11N3S2/c1-20-12-7-5-11(6-8-12)18-13-4-2-3-10(9-16)14(13)17-15(18)19/h2-8H,1H3,(H,17,19). The van der Waals surface area contributed by atoms with Gasteiger partial charge in [-0.3, -0.25) is 4.57 Å². The van der Waals surface area contributed by atoms with Gasteiger partial charge in [0, 0.05) is 10.6 Å². The Kier molecular flexibility index (Phi) is 3.35. The molecule has 3 nitrogen and oxygen atoms in total. The number of aromatic amines is 1. The number of benzene rings is 2. The van der Waals surface area contributed by atoms with E-state index in [0.717, 1.165) is 16.7 Å². The first-order valence-electron chi connectivity index (χ1n) is 6.03. The number of hydrogen-bond donors (Lipinski definition) is 1. The van der Waals surface area contributed by atoms with E-state index in [9.17, 15) is 0 Å². The van der Waals surface area contributed by atoms with E-state index < -0.39 is 0 Å². The van der Waals surface area contributed by atoms with Gasteiger partial charge < -0.3 is 4.98 Å². The molecule has 1 heterocycles. The molecule has 0 radical (unpaired) electrons. The Morgan fingerprint density at radius 2 is 1.95 bits per heavy atom. The highest BCUT2D eigenvalue weighted by Crippen LogP contribution is 2.23. The molecule has 0 amide bonds. The molecule has 1 aromatic heterocycles. The number of imidazole rings is 1. The Morgan fingerprint density at radius 3 is 2.60 bits per heavy atom. The van der Waals surface area contributed by atoms with Gasteiger partial charge in [-0.05, 0) is 54.9 Å². The number of fused-ring (bicyclic) bond motifs is 1. The lowest BCUT2D eigenvalue weighted by Gasteiger charge is -2.05. The van der Waals surface area contributed by atoms with E-state index in [0.29, 0.717) is 10.3 Å². The van der Waals surface area contributed by atoms with Gasteiger partial charge in [0.05, 0.1) is 16.6 Å². The third-order valence-corrected chi connectivity index (χ3v) is 4.20. The van der Waals surface area contributed by atoms with Crippen molar-refractivity contribution < 1.29 is 0 Å². The van der Waals surface area contributed by atoms with E-state index in [2.05, 4.69) is 23.2 Å². The van der Waals surface area contributed by atoms with E-state index in [1.807, 2.05) is 35.1 Å². The van der Waals surface area contributed by atoms with Gasteiger partial charge in [0.15, 0.2) is 4.77 Å². The summed E-state index contributed by atoms with van der Waals surface area (Å²) in [5.41, 5.74) is 3.31. The van der Waals surface area contributed by atoms with Crippen molar-refractivity contribution in [2.24, 2.45) is 0 Å². The number of para-hydroxylation sites is 1. The van der Waals surface area contributed by atoms with Crippen LogP contribution in [0, 0.1) is 16.1 Å². The maximum Gasteiger partial charge on any atom is 0.182 e. The summed E-state index contributed by atoms with van der Waals surface area (Å²) >= 11 is 7.10. The molecular weight excluding hydrogens is 286 g/mol. The molecule has 20 heavy (non-hydrogen) atoms. The molecule has 0 bridgehead atoms. The molecule has 0 saturated heterocycles. The molecule has 0 spiro atoms. The molecule has 3 aromatic rings. The van der Waals surface area contributed by atoms with E-state index in [4.69, 9.17) is 17.5 Å². The summed E-state index contributed by atoms with van der Waals surface area (Å²) in [6.07, 6.45) is 2.05. The molecule has 0 atom stereocenters. The molecular formula is C15H11N3S2. The zero-order chi connectivity index (χ0) is 14.1. The first-order chi connectivity index (χ1) is 9.74. The first kappa shape index (κ1) is 13.0. The van der Waals surface area contributed by atoms with Crippen LogP contribution in [0.4, 0.5) is 0 Å². The summed E-state index contributed by atoms with van der Waals surface area (Å²) in [7, 11) is 0. The zero-order valence-electron chi connectivity index (χ0n) is 10.8. The van der Waals surface area contributed by atoms with Crippen LogP contribution in [0.2, 0.25) is 0 Å². The van der Waals surface area contributed by atoms with Crippen LogP contribution in [0.15, 0.2) is 47.4 Å². The third-order valence-electron chi connectivity index (χ3n) is 3.17. The minimum atomic E-state index is 0.597. The van der Waals surface area contributed by atoms with Crippen molar-refractivity contribution in [3.05, 3.63) is 52.8 Å². The van der Waals surface area contributed by atoms with Gasteiger partial charge in [0.25, 0.3) is 0 Å². The number of thioether (sulfide) groups is 1. The predicted octanol–water partition coefficient (Wildman–Crippen LogP) is 4.28. The van der Waals surface area contributed by atoms with Gasteiger partial charge in [-0.2, -0.15) is 5.26 Å². The molecule has 0 aliphatic carbocycles. The lowest BCUT2D eigenvalue weighted by Crippen LogP contribution is -1.93. The van der Waals surface area contributed by atoms with Crippen LogP contribution in [-0.2, 0) is 0 Å². The predicted molar refractivity (Wildman–Crippen MR) is 85.0 cm³/mol. The fourth-order valence-electron chi connectivity index (χ4n) is 2.21. The molecule has 0 unspecified atom stereocenters. The van der Waals surface area contributed by atoms with E-state index in [1.54, 1.807) is 17.8 Å². The normalized spacial score (nSPS) is 10.6. The summed E-state index contributed by atoms with van der Waals surface area (Å²) in [6.45, 7) is 0. The molecule has 5 heteroatoms. The number of aromatic nitrogens is 2. The van der Waals surface area contributed by atoms with Gasteiger partial charge in [-0.1, -0.05) is 6.07 Å². The maximum atomic E-state index is 9.16. The Labute approximate surface area is 125 Å². The molecule has 2 aromatic carbocycles. The van der Waals surface area contributed by atoms with Crippen LogP contribution in [-0.4, -0.2) is 15.8 Å². The van der Waals surface area contributed by atoms with Crippen molar-refractivity contribution in [2.45, 2.75) is 4.90 Å². The number of nitrogens with zero attached hydrogens (tertiary/aromatic N) is 2. The Bertz CT molecular complexity index is 867. The lowest BCUT2D eigenvalue weighted by molar-refractivity contribution is 1.06. The summed E-state index contributed by atoms with van der Waals surface area (Å²) < 4.78 is 2.55. The van der Waals surface area contributed by atoms with Crippen LogP contribution >= 0.6 is 24.0 Å². The van der Waals surface area contributed by atoms with Crippen LogP contribution in [0.1, 0.15) is 5.56 Å². The smallest absolute Gasteiger partial charge is 0.182 e. The highest BCUT2D eigenvalue weighted by Gasteiger charge is 2.09. The average molecular weight is 297 g/mol. The molecule has 98 valence electrons. The minimum Gasteiger partial charge on any atom is -0.329 e. The lowest BCUT2D eigenvalue weighted by atomic mass is 10.2. The molecule has 0 aliphatic heterocycles. The summed E-state index contributed by atoms with van der Waals surface area (Å²) in [5, 5.41) is 9.16. The summed E-state index contributed by atoms with van der Waals surface area (Å²) in [6, 6.07) is 16.0. The number of H-pyrrole nitrogens is 1. The fourth-order valence-corrected chi connectivity index (χ4v) is 2.92. The SMILES string of the molecule is CSc1ccc(-n2c(=S)[nH]c3c(C#N)cccc32)cc1. The zero-order valence-corrected chi connectivity index (χ0v) is 12.4. The van der Waals surface area contributed by atoms with Gasteiger partial charge in [0.2, 0.25) is 0 Å². The number of nitrogens with one attached hydrogen (secondary N) is 1. The van der Waals surface area contributed by atoms with Crippen molar-refractivity contribution in [1.29, 1.82) is 5.26 Å². The maximum absolute atomic E-state index is 9.16.